The van der Waals surface area contributed by atoms with Crippen LogP contribution in [0.25, 0.3) is 0 Å². The minimum absolute atomic E-state index is 0.0643. The lowest BCUT2D eigenvalue weighted by atomic mass is 9.85. The fourth-order valence-electron chi connectivity index (χ4n) is 8.17. The molecule has 1 fully saturated rings. The molecule has 0 heterocycles. The number of unbranched alkanes of at least 4 members (excludes halogenated alkanes) is 9. The van der Waals surface area contributed by atoms with Gasteiger partial charge in [0.1, 0.15) is 23.0 Å². The molecule has 1 aliphatic rings. The Bertz CT molecular complexity index is 1840. The molecule has 64 heavy (non-hydrogen) atoms. The number of hydrogen-bond donors (Lipinski definition) is 3. The summed E-state index contributed by atoms with van der Waals surface area (Å²) >= 11 is 0. The lowest BCUT2D eigenvalue weighted by Gasteiger charge is -2.26. The molecule has 3 N–H and O–H groups in total. The van der Waals surface area contributed by atoms with Gasteiger partial charge in [-0.3, -0.25) is 24.4 Å². The smallest absolute Gasteiger partial charge is 0.334 e. The number of phenols is 2. The van der Waals surface area contributed by atoms with Crippen LogP contribution in [0.1, 0.15) is 193 Å². The number of aliphatic imine (C=N–C) groups is 2. The van der Waals surface area contributed by atoms with Crippen molar-refractivity contribution in [3.05, 3.63) is 46.5 Å². The molecule has 0 aromatic heterocycles. The van der Waals surface area contributed by atoms with Crippen molar-refractivity contribution in [1.29, 1.82) is 0 Å². The van der Waals surface area contributed by atoms with Crippen molar-refractivity contribution in [3.8, 4) is 23.0 Å². The van der Waals surface area contributed by atoms with Gasteiger partial charge in [-0.05, 0) is 93.6 Å². The average molecular weight is 909 g/mol. The molecular weight excluding hydrogens is 829 g/mol. The van der Waals surface area contributed by atoms with Crippen LogP contribution in [0.2, 0.25) is 12.6 Å². The number of hydrogen-bond acceptors (Lipinski definition) is 11. The highest BCUT2D eigenvalue weighted by Gasteiger charge is 2.30. The summed E-state index contributed by atoms with van der Waals surface area (Å²) in [5, 5.41) is 31.7. The first kappa shape index (κ1) is 54.3. The fourth-order valence-corrected chi connectivity index (χ4v) is 10.7. The van der Waals surface area contributed by atoms with Crippen molar-refractivity contribution >= 4 is 38.9 Å². The number of esters is 2. The molecule has 12 nitrogen and oxygen atoms in total. The van der Waals surface area contributed by atoms with Crippen molar-refractivity contribution in [2.24, 2.45) is 9.98 Å². The number of carbonyl (C=O) groups is 3. The molecule has 1 aliphatic carbocycles. The van der Waals surface area contributed by atoms with Gasteiger partial charge in [0.25, 0.3) is 0 Å². The summed E-state index contributed by atoms with van der Waals surface area (Å²) in [6.07, 6.45) is 17.6. The molecule has 3 rings (SSSR count). The summed E-state index contributed by atoms with van der Waals surface area (Å²) in [7, 11) is -2.03. The Morgan fingerprint density at radius 2 is 1.00 bits per heavy atom. The third kappa shape index (κ3) is 19.2. The van der Waals surface area contributed by atoms with E-state index in [0.29, 0.717) is 72.6 Å². The van der Waals surface area contributed by atoms with Gasteiger partial charge < -0.3 is 33.6 Å². The first-order valence-corrected chi connectivity index (χ1v) is 26.5. The summed E-state index contributed by atoms with van der Waals surface area (Å²) in [4.78, 5) is 46.5. The summed E-state index contributed by atoms with van der Waals surface area (Å²) < 4.78 is 23.5. The van der Waals surface area contributed by atoms with E-state index in [4.69, 9.17) is 33.4 Å². The van der Waals surface area contributed by atoms with Crippen molar-refractivity contribution < 1.29 is 48.0 Å². The molecule has 358 valence electrons. The second-order valence-electron chi connectivity index (χ2n) is 19.5. The molecule has 2 aromatic rings. The zero-order valence-corrected chi connectivity index (χ0v) is 41.6. The number of aliphatic carboxylic acids is 1. The first-order chi connectivity index (χ1) is 30.3. The van der Waals surface area contributed by atoms with E-state index in [1.54, 1.807) is 36.7 Å². The van der Waals surface area contributed by atoms with Gasteiger partial charge in [0.15, 0.2) is 0 Å². The second-order valence-corrected chi connectivity index (χ2v) is 22.9. The fraction of sp³-hybridized carbons (Fsp3) is 0.667. The van der Waals surface area contributed by atoms with E-state index in [-0.39, 0.29) is 42.4 Å². The van der Waals surface area contributed by atoms with Crippen molar-refractivity contribution in [3.63, 3.8) is 0 Å². The molecule has 1 saturated carbocycles. The van der Waals surface area contributed by atoms with Gasteiger partial charge in [-0.2, -0.15) is 0 Å². The Balaban J connectivity index is 1.64. The van der Waals surface area contributed by atoms with Crippen LogP contribution < -0.4 is 9.47 Å². The second kappa shape index (κ2) is 26.8. The summed E-state index contributed by atoms with van der Waals surface area (Å²) in [5.74, 6) is -0.728. The van der Waals surface area contributed by atoms with Crippen LogP contribution in [-0.2, 0) is 34.1 Å². The van der Waals surface area contributed by atoms with Crippen LogP contribution in [0.15, 0.2) is 34.3 Å². The maximum Gasteiger partial charge on any atom is 0.334 e. The van der Waals surface area contributed by atoms with Crippen molar-refractivity contribution in [2.45, 2.75) is 206 Å². The Morgan fingerprint density at radius 3 is 1.39 bits per heavy atom. The Labute approximate surface area is 384 Å². The van der Waals surface area contributed by atoms with E-state index >= 15 is 0 Å². The number of carbonyl (C=O) groups excluding carboxylic acids is 2. The number of carboxylic acid groups (broad SMARTS) is 1. The lowest BCUT2D eigenvalue weighted by molar-refractivity contribution is -0.137. The monoisotopic (exact) mass is 909 g/mol. The van der Waals surface area contributed by atoms with Crippen molar-refractivity contribution in [1.82, 2.24) is 0 Å². The number of benzene rings is 2. The zero-order valence-electron chi connectivity index (χ0n) is 40.6. The van der Waals surface area contributed by atoms with Gasteiger partial charge >= 0.3 is 26.5 Å². The molecule has 0 unspecified atom stereocenters. The van der Waals surface area contributed by atoms with E-state index in [9.17, 15) is 24.6 Å². The minimum Gasteiger partial charge on any atom is -0.507 e. The largest absolute Gasteiger partial charge is 0.507 e. The number of nitrogens with zero attached hydrogens (tertiary/aromatic N) is 2. The standard InChI is InChI=1S/C51H80N2O10Si/c1-10-60-64(9,61-11-2)30-24-17-15-13-12-14-16-20-28-46(56)62-39-31-37(48(58)41(33-39)50(3,4)5)35-52-43-25-22-23-26-44(43)53-36-38-32-40(34-42(49(38)59)51(6,7)8)63-47(57)29-21-18-19-27-45(54)55/h31-36,43-44,58-59H,10-30H2,1-9H3,(H,54,55)/t43-,44-/m1/s1. The van der Waals surface area contributed by atoms with Gasteiger partial charge in [-0.1, -0.05) is 106 Å². The molecule has 13 heteroatoms. The Kier molecular flexibility index (Phi) is 22.7. The highest BCUT2D eigenvalue weighted by Crippen LogP contribution is 2.38. The molecule has 0 aliphatic heterocycles. The third-order valence-corrected chi connectivity index (χ3v) is 14.8. The molecule has 0 saturated heterocycles. The predicted molar refractivity (Wildman–Crippen MR) is 258 cm³/mol. The normalized spacial score (nSPS) is 16.1. The Hall–Kier alpha value is -4.07. The molecule has 2 atom stereocenters. The maximum atomic E-state index is 13.0. The predicted octanol–water partition coefficient (Wildman–Crippen LogP) is 12.0. The number of rotatable bonds is 27. The van der Waals surface area contributed by atoms with Gasteiger partial charge in [-0.25, -0.2) is 0 Å². The molecular formula is C51H80N2O10Si. The quantitative estimate of drug-likeness (QED) is 0.0257. The average Bonchev–Trinajstić information content (AvgIpc) is 3.21. The molecule has 0 amide bonds. The number of phenolic OH excluding ortho intramolecular Hbond substituents is 2. The number of ether oxygens (including phenoxy) is 2. The molecule has 0 bridgehead atoms. The van der Waals surface area contributed by atoms with Gasteiger partial charge in [0.2, 0.25) is 0 Å². The van der Waals surface area contributed by atoms with E-state index in [1.165, 1.54) is 19.3 Å². The lowest BCUT2D eigenvalue weighted by Crippen LogP contribution is -2.38. The molecule has 0 radical (unpaired) electrons. The minimum atomic E-state index is -2.03. The van der Waals surface area contributed by atoms with Crippen LogP contribution in [0.4, 0.5) is 0 Å². The zero-order chi connectivity index (χ0) is 47.3. The summed E-state index contributed by atoms with van der Waals surface area (Å²) in [5.41, 5.74) is 1.28. The van der Waals surface area contributed by atoms with Crippen LogP contribution in [0.3, 0.4) is 0 Å². The van der Waals surface area contributed by atoms with Gasteiger partial charge in [0, 0.05) is 67.2 Å². The van der Waals surface area contributed by atoms with Crippen LogP contribution >= 0.6 is 0 Å². The number of carboxylic acids is 1. The first-order valence-electron chi connectivity index (χ1n) is 24.0. The molecule has 0 spiro atoms. The third-order valence-electron chi connectivity index (χ3n) is 11.7. The highest BCUT2D eigenvalue weighted by molar-refractivity contribution is 6.66. The topological polar surface area (TPSA) is 174 Å². The number of aromatic hydroxyl groups is 2. The van der Waals surface area contributed by atoms with Crippen molar-refractivity contribution in [2.75, 3.05) is 13.2 Å². The molecule has 2 aromatic carbocycles. The van der Waals surface area contributed by atoms with Crippen LogP contribution in [-0.4, -0.2) is 79.5 Å². The maximum absolute atomic E-state index is 13.0. The van der Waals surface area contributed by atoms with E-state index in [1.807, 2.05) is 55.4 Å². The van der Waals surface area contributed by atoms with Crippen LogP contribution in [0, 0.1) is 0 Å². The SMILES string of the molecule is CCO[Si](C)(CCCCCCCCCCC(=O)Oc1cc(C=N[C@@H]2CCCC[C@H]2N=Cc2cc(OC(=O)CCCCCC(=O)O)cc(C(C)(C)C)c2O)c(O)c(C(C)(C)C)c1)OCC. The summed E-state index contributed by atoms with van der Waals surface area (Å²) in [6.45, 7) is 19.6. The van der Waals surface area contributed by atoms with Gasteiger partial charge in [-0.15, -0.1) is 0 Å². The summed E-state index contributed by atoms with van der Waals surface area (Å²) in [6, 6.07) is 7.36. The Morgan fingerprint density at radius 1 is 0.625 bits per heavy atom. The highest BCUT2D eigenvalue weighted by atomic mass is 28.4. The van der Waals surface area contributed by atoms with Crippen LogP contribution in [0.5, 0.6) is 23.0 Å². The van der Waals surface area contributed by atoms with Gasteiger partial charge in [0.05, 0.1) is 12.1 Å². The van der Waals surface area contributed by atoms with E-state index < -0.39 is 31.3 Å². The van der Waals surface area contributed by atoms with E-state index in [0.717, 1.165) is 63.8 Å². The van der Waals surface area contributed by atoms with E-state index in [2.05, 4.69) is 6.55 Å².